The minimum atomic E-state index is -0.0996. The number of hydrogen-bond donors (Lipinski definition) is 1. The topological polar surface area (TPSA) is 44.8 Å². The molecular formula is C18H26ClN3O2. The van der Waals surface area contributed by atoms with E-state index >= 15 is 0 Å². The van der Waals surface area contributed by atoms with Gasteiger partial charge in [0.15, 0.2) is 0 Å². The molecule has 1 aliphatic rings. The van der Waals surface area contributed by atoms with Crippen molar-refractivity contribution >= 4 is 17.5 Å². The van der Waals surface area contributed by atoms with Crippen LogP contribution in [0.5, 0.6) is 5.75 Å². The lowest BCUT2D eigenvalue weighted by Gasteiger charge is -2.37. The molecule has 5 nitrogen and oxygen atoms in total. The number of ether oxygens (including phenoxy) is 1. The maximum atomic E-state index is 12.0. The van der Waals surface area contributed by atoms with Crippen molar-refractivity contribution in [3.05, 3.63) is 41.9 Å². The molecule has 1 aromatic rings. The van der Waals surface area contributed by atoms with Crippen molar-refractivity contribution in [2.75, 3.05) is 45.9 Å². The van der Waals surface area contributed by atoms with Crippen molar-refractivity contribution in [2.24, 2.45) is 0 Å². The maximum Gasteiger partial charge on any atom is 0.237 e. The number of benzene rings is 1. The lowest BCUT2D eigenvalue weighted by Crippen LogP contribution is -2.54. The monoisotopic (exact) mass is 351 g/mol. The van der Waals surface area contributed by atoms with Crippen LogP contribution in [-0.2, 0) is 4.79 Å². The van der Waals surface area contributed by atoms with E-state index in [1.165, 1.54) is 0 Å². The third-order valence-electron chi connectivity index (χ3n) is 4.24. The Hall–Kier alpha value is -1.56. The number of nitrogens with one attached hydrogen (secondary N) is 1. The van der Waals surface area contributed by atoms with Gasteiger partial charge >= 0.3 is 0 Å². The minimum Gasteiger partial charge on any atom is -0.492 e. The molecule has 2 rings (SSSR count). The second kappa shape index (κ2) is 9.67. The van der Waals surface area contributed by atoms with Crippen LogP contribution in [0.3, 0.4) is 0 Å². The first-order chi connectivity index (χ1) is 11.6. The molecule has 1 unspecified atom stereocenters. The van der Waals surface area contributed by atoms with E-state index in [0.717, 1.165) is 38.5 Å². The zero-order chi connectivity index (χ0) is 17.4. The third kappa shape index (κ3) is 5.82. The van der Waals surface area contributed by atoms with Gasteiger partial charge in [0.25, 0.3) is 0 Å². The zero-order valence-electron chi connectivity index (χ0n) is 14.2. The first kappa shape index (κ1) is 18.8. The van der Waals surface area contributed by atoms with Gasteiger partial charge in [-0.3, -0.25) is 14.6 Å². The highest BCUT2D eigenvalue weighted by Gasteiger charge is 2.24. The van der Waals surface area contributed by atoms with Crippen molar-refractivity contribution in [3.63, 3.8) is 0 Å². The molecule has 1 heterocycles. The van der Waals surface area contributed by atoms with Crippen LogP contribution >= 0.6 is 11.6 Å². The summed E-state index contributed by atoms with van der Waals surface area (Å²) in [5.74, 6) is 0.903. The standard InChI is InChI=1S/C18H26ClN3O2/c1-3-8-20-18(23)15(2)22-11-9-21(10-12-22)13-14-24-17-6-4-16(19)5-7-17/h3-7,15H,1,8-14H2,2H3,(H,20,23). The maximum absolute atomic E-state index is 12.0. The highest BCUT2D eigenvalue weighted by atomic mass is 35.5. The lowest BCUT2D eigenvalue weighted by atomic mass is 10.2. The van der Waals surface area contributed by atoms with Crippen LogP contribution in [0.4, 0.5) is 0 Å². The number of carbonyl (C=O) groups is 1. The Morgan fingerprint density at radius 1 is 1.33 bits per heavy atom. The molecule has 1 aliphatic heterocycles. The number of carbonyl (C=O) groups excluding carboxylic acids is 1. The molecular weight excluding hydrogens is 326 g/mol. The van der Waals surface area contributed by atoms with E-state index in [9.17, 15) is 4.79 Å². The number of hydrogen-bond acceptors (Lipinski definition) is 4. The van der Waals surface area contributed by atoms with Gasteiger partial charge in [-0.2, -0.15) is 0 Å². The fourth-order valence-electron chi connectivity index (χ4n) is 2.68. The molecule has 1 saturated heterocycles. The van der Waals surface area contributed by atoms with Gasteiger partial charge in [-0.25, -0.2) is 0 Å². The highest BCUT2D eigenvalue weighted by Crippen LogP contribution is 2.15. The van der Waals surface area contributed by atoms with Gasteiger partial charge in [0, 0.05) is 44.3 Å². The highest BCUT2D eigenvalue weighted by molar-refractivity contribution is 6.30. The van der Waals surface area contributed by atoms with E-state index < -0.39 is 0 Å². The van der Waals surface area contributed by atoms with Gasteiger partial charge in [-0.05, 0) is 31.2 Å². The Bertz CT molecular complexity index is 528. The summed E-state index contributed by atoms with van der Waals surface area (Å²) in [6.45, 7) is 11.3. The van der Waals surface area contributed by atoms with E-state index in [1.54, 1.807) is 6.08 Å². The number of amides is 1. The summed E-state index contributed by atoms with van der Waals surface area (Å²) in [4.78, 5) is 16.6. The number of halogens is 1. The molecule has 0 saturated carbocycles. The van der Waals surface area contributed by atoms with Crippen molar-refractivity contribution in [2.45, 2.75) is 13.0 Å². The van der Waals surface area contributed by atoms with Gasteiger partial charge in [0.2, 0.25) is 5.91 Å². The Morgan fingerprint density at radius 2 is 2.00 bits per heavy atom. The van der Waals surface area contributed by atoms with Crippen LogP contribution in [0.25, 0.3) is 0 Å². The first-order valence-corrected chi connectivity index (χ1v) is 8.71. The Kier molecular flexibility index (Phi) is 7.56. The van der Waals surface area contributed by atoms with E-state index in [1.807, 2.05) is 31.2 Å². The van der Waals surface area contributed by atoms with Crippen LogP contribution in [-0.4, -0.2) is 67.6 Å². The van der Waals surface area contributed by atoms with Crippen molar-refractivity contribution in [1.82, 2.24) is 15.1 Å². The summed E-state index contributed by atoms with van der Waals surface area (Å²) in [5, 5.41) is 3.57. The molecule has 0 spiro atoms. The fourth-order valence-corrected chi connectivity index (χ4v) is 2.81. The van der Waals surface area contributed by atoms with E-state index in [4.69, 9.17) is 16.3 Å². The van der Waals surface area contributed by atoms with Crippen LogP contribution in [0.2, 0.25) is 5.02 Å². The van der Waals surface area contributed by atoms with Gasteiger partial charge < -0.3 is 10.1 Å². The van der Waals surface area contributed by atoms with Crippen molar-refractivity contribution in [1.29, 1.82) is 0 Å². The number of rotatable bonds is 8. The first-order valence-electron chi connectivity index (χ1n) is 8.33. The van der Waals surface area contributed by atoms with E-state index in [2.05, 4.69) is 21.7 Å². The van der Waals surface area contributed by atoms with Crippen LogP contribution in [0.1, 0.15) is 6.92 Å². The van der Waals surface area contributed by atoms with Gasteiger partial charge in [-0.15, -0.1) is 6.58 Å². The van der Waals surface area contributed by atoms with Crippen molar-refractivity contribution in [3.8, 4) is 5.75 Å². The summed E-state index contributed by atoms with van der Waals surface area (Å²) in [6.07, 6.45) is 1.70. The molecule has 132 valence electrons. The molecule has 1 atom stereocenters. The van der Waals surface area contributed by atoms with Gasteiger partial charge in [0.05, 0.1) is 6.04 Å². The molecule has 0 aromatic heterocycles. The predicted octanol–water partition coefficient (Wildman–Crippen LogP) is 2.03. The molecule has 1 fully saturated rings. The minimum absolute atomic E-state index is 0.0643. The van der Waals surface area contributed by atoms with Crippen LogP contribution < -0.4 is 10.1 Å². The quantitative estimate of drug-likeness (QED) is 0.728. The summed E-state index contributed by atoms with van der Waals surface area (Å²) in [6, 6.07) is 7.31. The molecule has 1 N–H and O–H groups in total. The zero-order valence-corrected chi connectivity index (χ0v) is 15.0. The third-order valence-corrected chi connectivity index (χ3v) is 4.50. The predicted molar refractivity (Wildman–Crippen MR) is 97.6 cm³/mol. The summed E-state index contributed by atoms with van der Waals surface area (Å²) in [7, 11) is 0. The molecule has 6 heteroatoms. The Morgan fingerprint density at radius 3 is 2.62 bits per heavy atom. The largest absolute Gasteiger partial charge is 0.492 e. The molecule has 24 heavy (non-hydrogen) atoms. The SMILES string of the molecule is C=CCNC(=O)C(C)N1CCN(CCOc2ccc(Cl)cc2)CC1. The smallest absolute Gasteiger partial charge is 0.237 e. The number of piperazine rings is 1. The second-order valence-electron chi connectivity index (χ2n) is 5.89. The summed E-state index contributed by atoms with van der Waals surface area (Å²) >= 11 is 5.86. The fraction of sp³-hybridized carbons (Fsp3) is 0.500. The summed E-state index contributed by atoms with van der Waals surface area (Å²) in [5.41, 5.74) is 0. The van der Waals surface area contributed by atoms with Gasteiger partial charge in [-0.1, -0.05) is 17.7 Å². The molecule has 0 bridgehead atoms. The van der Waals surface area contributed by atoms with E-state index in [0.29, 0.717) is 18.2 Å². The van der Waals surface area contributed by atoms with Gasteiger partial charge in [0.1, 0.15) is 12.4 Å². The molecule has 1 aromatic carbocycles. The normalized spacial score (nSPS) is 17.2. The van der Waals surface area contributed by atoms with Crippen LogP contribution in [0.15, 0.2) is 36.9 Å². The average Bonchev–Trinajstić information content (AvgIpc) is 2.61. The van der Waals surface area contributed by atoms with Crippen LogP contribution in [0, 0.1) is 0 Å². The van der Waals surface area contributed by atoms with Crippen molar-refractivity contribution < 1.29 is 9.53 Å². The molecule has 0 aliphatic carbocycles. The number of nitrogens with zero attached hydrogens (tertiary/aromatic N) is 2. The Labute approximate surface area is 149 Å². The Balaban J connectivity index is 1.66. The van der Waals surface area contributed by atoms with E-state index in [-0.39, 0.29) is 11.9 Å². The molecule has 1 amide bonds. The molecule has 0 radical (unpaired) electrons. The average molecular weight is 352 g/mol. The lowest BCUT2D eigenvalue weighted by molar-refractivity contribution is -0.126. The summed E-state index contributed by atoms with van der Waals surface area (Å²) < 4.78 is 5.73. The second-order valence-corrected chi connectivity index (χ2v) is 6.33.